The molecule has 1 aliphatic heterocycles. The molecule has 0 saturated carbocycles. The first-order chi connectivity index (χ1) is 5.57. The quantitative estimate of drug-likeness (QED) is 0.693. The number of nitrogens with zero attached hydrogens (tertiary/aromatic N) is 1. The van der Waals surface area contributed by atoms with Crippen molar-refractivity contribution in [2.24, 2.45) is 11.1 Å². The number of likely N-dealkylation sites (tertiary alicyclic amines) is 1. The highest BCUT2D eigenvalue weighted by Crippen LogP contribution is 2.29. The lowest BCUT2D eigenvalue weighted by Crippen LogP contribution is -2.60. The highest BCUT2D eigenvalue weighted by Gasteiger charge is 2.38. The zero-order valence-electron chi connectivity index (χ0n) is 9.22. The summed E-state index contributed by atoms with van der Waals surface area (Å²) in [4.78, 5) is 2.45. The molecular weight excluding hydrogens is 148 g/mol. The molecule has 0 aromatic rings. The van der Waals surface area contributed by atoms with E-state index in [4.69, 9.17) is 5.73 Å². The Hall–Kier alpha value is -0.0800. The Morgan fingerprint density at radius 3 is 2.08 bits per heavy atom. The van der Waals surface area contributed by atoms with Crippen LogP contribution in [0.3, 0.4) is 0 Å². The zero-order valence-corrected chi connectivity index (χ0v) is 9.22. The molecule has 0 aliphatic carbocycles. The minimum Gasteiger partial charge on any atom is -0.330 e. The van der Waals surface area contributed by atoms with Gasteiger partial charge in [0.15, 0.2) is 0 Å². The van der Waals surface area contributed by atoms with E-state index in [2.05, 4.69) is 25.7 Å². The van der Waals surface area contributed by atoms with Crippen LogP contribution in [-0.4, -0.2) is 30.6 Å². The van der Waals surface area contributed by atoms with Crippen LogP contribution in [0.15, 0.2) is 0 Å². The molecule has 12 heavy (non-hydrogen) atoms. The predicted molar refractivity (Wildman–Crippen MR) is 57.3 cm³/mol. The summed E-state index contributed by atoms with van der Waals surface area (Å²) in [5.41, 5.74) is 6.02. The monoisotopic (exact) mass is 174 g/mol. The fraction of sp³-hybridized carbons (Fsp3) is 1.00. The van der Waals surface area contributed by atoms with E-state index in [-0.39, 0.29) is 1.43 Å². The molecule has 1 rings (SSSR count). The van der Waals surface area contributed by atoms with Gasteiger partial charge in [0.1, 0.15) is 0 Å². The third kappa shape index (κ3) is 2.76. The molecule has 1 heterocycles. The molecule has 0 aromatic carbocycles. The normalized spacial score (nSPS) is 21.2. The summed E-state index contributed by atoms with van der Waals surface area (Å²) < 4.78 is 0. The molecule has 1 aliphatic rings. The number of hydrogen-bond acceptors (Lipinski definition) is 2. The summed E-state index contributed by atoms with van der Waals surface area (Å²) in [5, 5.41) is 0. The smallest absolute Gasteiger partial charge is 0.00627 e. The molecule has 0 amide bonds. The second kappa shape index (κ2) is 4.83. The zero-order chi connectivity index (χ0) is 9.78. The molecule has 0 aromatic heterocycles. The van der Waals surface area contributed by atoms with Crippen molar-refractivity contribution in [3.63, 3.8) is 0 Å². The first-order valence-electron chi connectivity index (χ1n) is 5.01. The minimum atomic E-state index is 0. The molecular formula is C10H26N2. The van der Waals surface area contributed by atoms with Gasteiger partial charge < -0.3 is 5.73 Å². The Bertz CT molecular complexity index is 120. The van der Waals surface area contributed by atoms with Gasteiger partial charge in [-0.25, -0.2) is 0 Å². The van der Waals surface area contributed by atoms with Crippen LogP contribution in [0, 0.1) is 5.41 Å². The average Bonchev–Trinajstić information content (AvgIpc) is 2.02. The Balaban J connectivity index is 0. The van der Waals surface area contributed by atoms with Gasteiger partial charge in [-0.3, -0.25) is 4.90 Å². The second-order valence-corrected chi connectivity index (χ2v) is 4.01. The van der Waals surface area contributed by atoms with Crippen molar-refractivity contribution in [1.82, 2.24) is 4.90 Å². The van der Waals surface area contributed by atoms with Crippen molar-refractivity contribution in [1.29, 1.82) is 0 Å². The summed E-state index contributed by atoms with van der Waals surface area (Å²) in [6.45, 7) is 13.9. The van der Waals surface area contributed by atoms with Crippen LogP contribution in [0.25, 0.3) is 0 Å². The minimum absolute atomic E-state index is 0. The highest BCUT2D eigenvalue weighted by atomic mass is 15.2. The van der Waals surface area contributed by atoms with Gasteiger partial charge in [-0.2, -0.15) is 0 Å². The standard InChI is InChI=1S/C8H18N2.C2H6.H2/c1-7(2)10-5-8(3,4-9)6-10;1-2;/h7H,4-6,9H2,1-3H3;1-2H3;1H. The van der Waals surface area contributed by atoms with Crippen molar-refractivity contribution < 1.29 is 1.43 Å². The first-order valence-corrected chi connectivity index (χ1v) is 5.01. The summed E-state index contributed by atoms with van der Waals surface area (Å²) in [7, 11) is 0. The lowest BCUT2D eigenvalue weighted by atomic mass is 9.81. The first kappa shape index (κ1) is 11.9. The molecule has 0 atom stereocenters. The number of nitrogens with two attached hydrogens (primary N) is 1. The molecule has 76 valence electrons. The van der Waals surface area contributed by atoms with Gasteiger partial charge in [-0.1, -0.05) is 20.8 Å². The summed E-state index contributed by atoms with van der Waals surface area (Å²) in [6, 6.07) is 0.694. The number of rotatable bonds is 2. The highest BCUT2D eigenvalue weighted by molar-refractivity contribution is 4.93. The summed E-state index contributed by atoms with van der Waals surface area (Å²) >= 11 is 0. The molecule has 2 heteroatoms. The lowest BCUT2D eigenvalue weighted by molar-refractivity contribution is -0.00137. The fourth-order valence-electron chi connectivity index (χ4n) is 1.43. The maximum atomic E-state index is 5.60. The van der Waals surface area contributed by atoms with Crippen molar-refractivity contribution in [2.45, 2.75) is 40.7 Å². The molecule has 0 unspecified atom stereocenters. The Morgan fingerprint density at radius 2 is 1.83 bits per heavy atom. The van der Waals surface area contributed by atoms with E-state index < -0.39 is 0 Å². The molecule has 2 N–H and O–H groups in total. The van der Waals surface area contributed by atoms with Crippen LogP contribution < -0.4 is 5.73 Å². The fourth-order valence-corrected chi connectivity index (χ4v) is 1.43. The van der Waals surface area contributed by atoms with Crippen LogP contribution in [0.4, 0.5) is 0 Å². The van der Waals surface area contributed by atoms with Gasteiger partial charge in [-0.05, 0) is 13.8 Å². The summed E-state index contributed by atoms with van der Waals surface area (Å²) in [5.74, 6) is 0. The van der Waals surface area contributed by atoms with Crippen LogP contribution in [0.2, 0.25) is 0 Å². The van der Waals surface area contributed by atoms with E-state index >= 15 is 0 Å². The van der Waals surface area contributed by atoms with Gasteiger partial charge in [0.2, 0.25) is 0 Å². The van der Waals surface area contributed by atoms with Crippen molar-refractivity contribution in [3.8, 4) is 0 Å². The number of hydrogen-bond donors (Lipinski definition) is 1. The Morgan fingerprint density at radius 1 is 1.42 bits per heavy atom. The van der Waals surface area contributed by atoms with E-state index in [1.807, 2.05) is 13.8 Å². The topological polar surface area (TPSA) is 29.3 Å². The Kier molecular flexibility index (Phi) is 4.80. The van der Waals surface area contributed by atoms with E-state index in [1.165, 1.54) is 13.1 Å². The van der Waals surface area contributed by atoms with E-state index in [0.717, 1.165) is 6.54 Å². The predicted octanol–water partition coefficient (Wildman–Crippen LogP) is 1.95. The third-order valence-electron chi connectivity index (χ3n) is 2.39. The van der Waals surface area contributed by atoms with Gasteiger partial charge in [0.05, 0.1) is 0 Å². The van der Waals surface area contributed by atoms with Crippen molar-refractivity contribution >= 4 is 0 Å². The third-order valence-corrected chi connectivity index (χ3v) is 2.39. The van der Waals surface area contributed by atoms with E-state index in [1.54, 1.807) is 0 Å². The molecule has 1 saturated heterocycles. The molecule has 2 nitrogen and oxygen atoms in total. The van der Waals surface area contributed by atoms with Crippen LogP contribution in [0.1, 0.15) is 36.0 Å². The molecule has 1 fully saturated rings. The molecule has 0 spiro atoms. The van der Waals surface area contributed by atoms with Gasteiger partial charge in [0.25, 0.3) is 0 Å². The Labute approximate surface area is 78.6 Å². The van der Waals surface area contributed by atoms with Gasteiger partial charge in [-0.15, -0.1) is 0 Å². The van der Waals surface area contributed by atoms with Gasteiger partial charge >= 0.3 is 0 Å². The van der Waals surface area contributed by atoms with Crippen molar-refractivity contribution in [3.05, 3.63) is 0 Å². The lowest BCUT2D eigenvalue weighted by Gasteiger charge is -2.49. The molecule has 0 bridgehead atoms. The second-order valence-electron chi connectivity index (χ2n) is 4.01. The van der Waals surface area contributed by atoms with Crippen LogP contribution >= 0.6 is 0 Å². The summed E-state index contributed by atoms with van der Waals surface area (Å²) in [6.07, 6.45) is 0. The van der Waals surface area contributed by atoms with Crippen LogP contribution in [-0.2, 0) is 0 Å². The largest absolute Gasteiger partial charge is 0.330 e. The maximum absolute atomic E-state index is 5.60. The van der Waals surface area contributed by atoms with E-state index in [9.17, 15) is 0 Å². The maximum Gasteiger partial charge on any atom is 0.00627 e. The SMILES string of the molecule is CC.CC(C)N1CC(C)(CN)C1.[HH]. The van der Waals surface area contributed by atoms with Crippen molar-refractivity contribution in [2.75, 3.05) is 19.6 Å². The average molecular weight is 174 g/mol. The van der Waals surface area contributed by atoms with E-state index in [0.29, 0.717) is 11.5 Å². The molecule has 0 radical (unpaired) electrons. The van der Waals surface area contributed by atoms with Crippen LogP contribution in [0.5, 0.6) is 0 Å². The van der Waals surface area contributed by atoms with Gasteiger partial charge in [0, 0.05) is 32.5 Å².